The molecule has 102 heavy (non-hydrogen) atoms. The van der Waals surface area contributed by atoms with Crippen LogP contribution in [0.2, 0.25) is 0 Å². The van der Waals surface area contributed by atoms with E-state index in [-0.39, 0.29) is 128 Å². The number of rotatable bonds is 32. The third-order valence-electron chi connectivity index (χ3n) is 17.3. The highest BCUT2D eigenvalue weighted by molar-refractivity contribution is 5.98. The number of aliphatic hydroxyl groups excluding tert-OH is 1. The molecule has 0 saturated carbocycles. The van der Waals surface area contributed by atoms with Crippen molar-refractivity contribution in [3.63, 3.8) is 0 Å². The fourth-order valence-electron chi connectivity index (χ4n) is 11.8. The third-order valence-corrected chi connectivity index (χ3v) is 17.3. The van der Waals surface area contributed by atoms with E-state index in [4.69, 9.17) is 28.7 Å². The number of fused-ring (bicyclic) bond motifs is 2. The van der Waals surface area contributed by atoms with Crippen LogP contribution in [0.4, 0.5) is 4.39 Å². The lowest BCUT2D eigenvalue weighted by Gasteiger charge is -2.32. The second-order valence-corrected chi connectivity index (χ2v) is 25.2. The lowest BCUT2D eigenvalue weighted by molar-refractivity contribution is -0.141. The lowest BCUT2D eigenvalue weighted by atomic mass is 10.0. The van der Waals surface area contributed by atoms with Gasteiger partial charge in [-0.1, -0.05) is 74.9 Å². The fourth-order valence-corrected chi connectivity index (χ4v) is 11.8. The first-order valence-electron chi connectivity index (χ1n) is 34.2. The van der Waals surface area contributed by atoms with E-state index >= 15 is 9.18 Å². The first-order chi connectivity index (χ1) is 48.9. The predicted octanol–water partition coefficient (Wildman–Crippen LogP) is -4.18. The van der Waals surface area contributed by atoms with Crippen LogP contribution in [-0.2, 0) is 76.8 Å². The minimum atomic E-state index is -1.78. The number of nitrogens with one attached hydrogen (secondary N) is 13. The van der Waals surface area contributed by atoms with Gasteiger partial charge in [-0.2, -0.15) is 0 Å². The highest BCUT2D eigenvalue weighted by Gasteiger charge is 2.44. The number of nitrogens with zero attached hydrogens (tertiary/aromatic N) is 3. The number of carbonyl (C=O) groups excluding carboxylic acids is 12. The summed E-state index contributed by atoms with van der Waals surface area (Å²) in [7, 11) is 0. The highest BCUT2D eigenvalue weighted by Crippen LogP contribution is 2.25. The number of aromatic amines is 2. The molecule has 11 atom stereocenters. The maximum atomic E-state index is 16.1. The number of aliphatic imine (C=N–C) groups is 1. The summed E-state index contributed by atoms with van der Waals surface area (Å²) in [4.78, 5) is 182. The summed E-state index contributed by atoms with van der Waals surface area (Å²) in [5.74, 6) is -9.87. The van der Waals surface area contributed by atoms with E-state index in [0.717, 1.165) is 15.8 Å². The number of para-hydroxylation sites is 1. The molecule has 0 spiro atoms. The molecule has 2 saturated heterocycles. The number of imidazole rings is 1. The number of H-pyrrole nitrogens is 2. The molecule has 2 aromatic heterocycles. The summed E-state index contributed by atoms with van der Waals surface area (Å²) >= 11 is 0. The minimum Gasteiger partial charge on any atom is -0.394 e. The molecule has 24 N–H and O–H groups in total. The van der Waals surface area contributed by atoms with Gasteiger partial charge in [0.05, 0.1) is 38.1 Å². The van der Waals surface area contributed by atoms with Crippen molar-refractivity contribution in [3.8, 4) is 0 Å². The number of aliphatic hydroxyl groups is 1. The Labute approximate surface area is 589 Å². The van der Waals surface area contributed by atoms with Gasteiger partial charge in [-0.3, -0.25) is 62.5 Å². The molecular formula is C67H98FN21O13. The maximum Gasteiger partial charge on any atom is 0.245 e. The predicted molar refractivity (Wildman–Crippen MR) is 373 cm³/mol. The van der Waals surface area contributed by atoms with Crippen LogP contribution in [0.5, 0.6) is 0 Å². The number of guanidine groups is 1. The summed E-state index contributed by atoms with van der Waals surface area (Å²) in [6.07, 6.45) is 2.22. The SMILES string of the molecule is C=C(NC1CCC(=O)NCCCC[C@@H](C(N)=O)NC(=O)C(Cc2c[nH]c3ccccc23)NC(=O)[C@H](CCCN=C(N)N)NC(=O)[C@@H](Cc2ccccc2)NC(=O)[C@@H]2CC(F)CN2C1=O)[C@H](CCCC)NC(=O)C(CO)NC(=O)[C@H](Cc1cnc[nH]1)NC(=O)C(CCC(N)=O)NCCNC(=O)CN. The van der Waals surface area contributed by atoms with Crippen molar-refractivity contribution in [3.05, 3.63) is 102 Å². The van der Waals surface area contributed by atoms with Gasteiger partial charge in [0.1, 0.15) is 54.5 Å². The molecule has 2 aliphatic heterocycles. The molecule has 4 heterocycles. The van der Waals surface area contributed by atoms with Crippen molar-refractivity contribution >= 4 is 87.7 Å². The van der Waals surface area contributed by atoms with Crippen LogP contribution in [0.25, 0.3) is 10.9 Å². The zero-order chi connectivity index (χ0) is 74.3. The Balaban J connectivity index is 1.28. The Bertz CT molecular complexity index is 3540. The second kappa shape index (κ2) is 41.3. The second-order valence-electron chi connectivity index (χ2n) is 25.2. The molecule has 0 aliphatic carbocycles. The average Bonchev–Trinajstić information content (AvgIpc) is 1.65. The van der Waals surface area contributed by atoms with Crippen LogP contribution in [0.15, 0.2) is 90.6 Å². The van der Waals surface area contributed by atoms with E-state index in [9.17, 15) is 57.8 Å². The highest BCUT2D eigenvalue weighted by atomic mass is 19.1. The number of halogens is 1. The van der Waals surface area contributed by atoms with Gasteiger partial charge >= 0.3 is 0 Å². The molecule has 0 radical (unpaired) electrons. The van der Waals surface area contributed by atoms with Gasteiger partial charge < -0.3 is 107 Å². The lowest BCUT2D eigenvalue weighted by Crippen LogP contribution is -2.60. The maximum absolute atomic E-state index is 16.1. The van der Waals surface area contributed by atoms with Crippen molar-refractivity contribution in [1.82, 2.24) is 78.3 Å². The summed E-state index contributed by atoms with van der Waals surface area (Å²) in [5, 5.41) is 41.6. The number of aromatic nitrogens is 3. The Hall–Kier alpha value is -10.5. The van der Waals surface area contributed by atoms with E-state index in [0.29, 0.717) is 29.7 Å². The van der Waals surface area contributed by atoms with Crippen LogP contribution in [0.1, 0.15) is 107 Å². The number of unbranched alkanes of at least 4 members (excludes halogenated alkanes) is 1. The van der Waals surface area contributed by atoms with Crippen LogP contribution < -0.4 is 87.2 Å². The Kier molecular flexibility index (Phi) is 32.5. The largest absolute Gasteiger partial charge is 0.394 e. The van der Waals surface area contributed by atoms with Crippen molar-refractivity contribution in [2.45, 2.75) is 176 Å². The molecule has 556 valence electrons. The summed E-state index contributed by atoms with van der Waals surface area (Å²) in [5.41, 5.74) is 30.1. The van der Waals surface area contributed by atoms with Crippen molar-refractivity contribution in [2.24, 2.45) is 33.7 Å². The van der Waals surface area contributed by atoms with Crippen molar-refractivity contribution in [1.29, 1.82) is 0 Å². The molecule has 2 fully saturated rings. The number of benzene rings is 2. The van der Waals surface area contributed by atoms with Crippen LogP contribution in [0.3, 0.4) is 0 Å². The number of primary amides is 2. The van der Waals surface area contributed by atoms with E-state index < -0.39 is 157 Å². The van der Waals surface area contributed by atoms with E-state index in [1.54, 1.807) is 42.6 Å². The van der Waals surface area contributed by atoms with E-state index in [1.807, 2.05) is 25.1 Å². The molecule has 2 aliphatic rings. The van der Waals surface area contributed by atoms with Gasteiger partial charge in [-0.25, -0.2) is 9.37 Å². The fraction of sp³-hybridized carbons (Fsp3) is 0.522. The molecule has 4 aromatic rings. The Morgan fingerprint density at radius 2 is 1.43 bits per heavy atom. The smallest absolute Gasteiger partial charge is 0.245 e. The van der Waals surface area contributed by atoms with Gasteiger partial charge in [-0.05, 0) is 68.6 Å². The van der Waals surface area contributed by atoms with Crippen molar-refractivity contribution < 1.29 is 67.0 Å². The van der Waals surface area contributed by atoms with Crippen LogP contribution in [0, 0.1) is 0 Å². The first kappa shape index (κ1) is 80.4. The number of nitrogens with two attached hydrogens (primary N) is 5. The van der Waals surface area contributed by atoms with Gasteiger partial charge in [-0.15, -0.1) is 0 Å². The first-order valence-corrected chi connectivity index (χ1v) is 34.2. The zero-order valence-corrected chi connectivity index (χ0v) is 57.2. The standard InChI is InChI=1S/C67H98FN21O13/c1-3-4-16-44(82-64(100)53(36-90)88-63(99)52(31-42-34-74-37-80-42)86-59(95)47(20-22-55(70)91)75-26-27-77-57(93)32-69)38(2)81-49-21-23-56(92)76-24-11-10-18-46(58(71)94)83-62(98)51(29-40-33-79-45-17-9-8-15-43(40)45)85-60(96)48(19-12-25-78-67(72)73)84-61(97)50(28-39-13-6-5-7-14-39)87-65(101)54-30-41(68)35-89(54)66(49)102/h5-9,13-15,17,33-34,37,41,44,46-54,75,79,81,90H,2-4,10-12,16,18-32,35-36,69H2,1H3,(H2,70,91)(H2,71,94)(H,74,80)(H,76,92)(H,77,93)(H,82,100)(H,83,98)(H,84,97)(H,85,96)(H,86,95)(H,87,101)(H,88,99)(H4,72,73,78)/t41?,44-,46-,47?,48-,49?,50+,51?,52-,53?,54-/m0/s1. The van der Waals surface area contributed by atoms with E-state index in [2.05, 4.69) is 85.0 Å². The molecule has 12 amide bonds. The molecule has 34 nitrogen and oxygen atoms in total. The molecular weight excluding hydrogens is 1330 g/mol. The van der Waals surface area contributed by atoms with Gasteiger partial charge in [0, 0.05) is 99.4 Å². The number of amides is 12. The van der Waals surface area contributed by atoms with Crippen LogP contribution in [-0.4, -0.2) is 214 Å². The van der Waals surface area contributed by atoms with E-state index in [1.165, 1.54) is 12.5 Å². The number of hydrogen-bond donors (Lipinski definition) is 19. The molecule has 2 aromatic carbocycles. The quantitative estimate of drug-likeness (QED) is 0.0125. The molecule has 6 rings (SSSR count). The summed E-state index contributed by atoms with van der Waals surface area (Å²) in [6, 6.07) is 1.82. The van der Waals surface area contributed by atoms with Crippen molar-refractivity contribution in [2.75, 3.05) is 45.9 Å². The normalized spacial score (nSPS) is 20.9. The third kappa shape index (κ3) is 25.9. The monoisotopic (exact) mass is 1420 g/mol. The van der Waals surface area contributed by atoms with Crippen LogP contribution >= 0.6 is 0 Å². The molecule has 35 heteroatoms. The van der Waals surface area contributed by atoms with Gasteiger partial charge in [0.25, 0.3) is 0 Å². The number of hydrogen-bond acceptors (Lipinski definition) is 18. The van der Waals surface area contributed by atoms with Gasteiger partial charge in [0.15, 0.2) is 5.96 Å². The minimum absolute atomic E-state index is 0.00414. The summed E-state index contributed by atoms with van der Waals surface area (Å²) in [6.45, 7) is 4.33. The number of carbonyl (C=O) groups is 12. The molecule has 0 bridgehead atoms. The number of alkyl halides is 1. The zero-order valence-electron chi connectivity index (χ0n) is 57.2. The molecule has 5 unspecified atom stereocenters. The summed E-state index contributed by atoms with van der Waals surface area (Å²) < 4.78 is 16.1. The Morgan fingerprint density at radius 3 is 2.13 bits per heavy atom. The van der Waals surface area contributed by atoms with Gasteiger partial charge in [0.2, 0.25) is 70.9 Å². The Morgan fingerprint density at radius 1 is 0.765 bits per heavy atom. The topological polar surface area (TPSA) is 548 Å². The average molecular weight is 1420 g/mol.